The number of aryl methyl sites for hydroxylation is 2. The van der Waals surface area contributed by atoms with E-state index < -0.39 is 11.6 Å². The van der Waals surface area contributed by atoms with Gasteiger partial charge in [-0.3, -0.25) is 9.89 Å². The number of carbonyl (C=O) groups excluding carboxylic acids is 1. The van der Waals surface area contributed by atoms with Crippen LogP contribution in [0.5, 0.6) is 5.75 Å². The number of ketones is 1. The number of benzene rings is 2. The molecular formula is C23H19ClFN3O2. The molecule has 0 aliphatic heterocycles. The van der Waals surface area contributed by atoms with E-state index in [-0.39, 0.29) is 29.4 Å². The third kappa shape index (κ3) is 4.04. The first-order valence-electron chi connectivity index (χ1n) is 9.41. The van der Waals surface area contributed by atoms with Crippen molar-refractivity contribution in [3.05, 3.63) is 87.4 Å². The minimum absolute atomic E-state index is 0.0115. The Kier molecular flexibility index (Phi) is 5.50. The summed E-state index contributed by atoms with van der Waals surface area (Å²) in [4.78, 5) is 17.1. The summed E-state index contributed by atoms with van der Waals surface area (Å²) in [6, 6.07) is 12.5. The van der Waals surface area contributed by atoms with Crippen LogP contribution < -0.4 is 4.74 Å². The number of H-pyrrole nitrogens is 1. The minimum atomic E-state index is -0.756. The summed E-state index contributed by atoms with van der Waals surface area (Å²) in [6.07, 6.45) is 1.52. The van der Waals surface area contributed by atoms with Crippen molar-refractivity contribution in [1.82, 2.24) is 15.2 Å². The Morgan fingerprint density at radius 1 is 1.13 bits per heavy atom. The average Bonchev–Trinajstić information content (AvgIpc) is 3.09. The van der Waals surface area contributed by atoms with E-state index in [1.807, 2.05) is 44.2 Å². The van der Waals surface area contributed by atoms with Crippen molar-refractivity contribution in [2.75, 3.05) is 0 Å². The van der Waals surface area contributed by atoms with Crippen LogP contribution in [-0.4, -0.2) is 21.0 Å². The summed E-state index contributed by atoms with van der Waals surface area (Å²) < 4.78 is 20.7. The van der Waals surface area contributed by atoms with Crippen LogP contribution in [0.4, 0.5) is 4.39 Å². The summed E-state index contributed by atoms with van der Waals surface area (Å²) in [7, 11) is 0. The fourth-order valence-corrected chi connectivity index (χ4v) is 3.43. The smallest absolute Gasteiger partial charge is 0.181 e. The van der Waals surface area contributed by atoms with Gasteiger partial charge in [0.15, 0.2) is 23.0 Å². The first kappa shape index (κ1) is 20.0. The van der Waals surface area contributed by atoms with Gasteiger partial charge >= 0.3 is 0 Å². The van der Waals surface area contributed by atoms with Gasteiger partial charge in [0, 0.05) is 23.7 Å². The van der Waals surface area contributed by atoms with Crippen LogP contribution in [0.15, 0.2) is 48.7 Å². The summed E-state index contributed by atoms with van der Waals surface area (Å²) in [5.74, 6) is -1.21. The Balaban J connectivity index is 1.56. The molecule has 4 rings (SSSR count). The third-order valence-corrected chi connectivity index (χ3v) is 5.19. The van der Waals surface area contributed by atoms with E-state index in [0.29, 0.717) is 11.2 Å². The van der Waals surface area contributed by atoms with Crippen molar-refractivity contribution in [3.63, 3.8) is 0 Å². The highest BCUT2D eigenvalue weighted by Gasteiger charge is 2.21. The van der Waals surface area contributed by atoms with E-state index in [4.69, 9.17) is 16.3 Å². The maximum atomic E-state index is 15.1. The lowest BCUT2D eigenvalue weighted by atomic mass is 10.0. The Hall–Kier alpha value is -3.25. The highest BCUT2D eigenvalue weighted by Crippen LogP contribution is 2.29. The van der Waals surface area contributed by atoms with Crippen molar-refractivity contribution < 1.29 is 13.9 Å². The molecule has 0 aliphatic carbocycles. The molecule has 2 aromatic carbocycles. The molecule has 2 heterocycles. The molecule has 4 aromatic rings. The SMILES string of the molecule is Cc1ccc(COc2ccc(Cl)c(C(=O)Cc3cnc4n[nH]c(C)c4c3)c2F)cc1. The zero-order valence-corrected chi connectivity index (χ0v) is 17.3. The van der Waals surface area contributed by atoms with Crippen molar-refractivity contribution in [1.29, 1.82) is 0 Å². The van der Waals surface area contributed by atoms with Gasteiger partial charge in [-0.1, -0.05) is 41.4 Å². The van der Waals surface area contributed by atoms with Gasteiger partial charge in [0.2, 0.25) is 0 Å². The van der Waals surface area contributed by atoms with Crippen LogP contribution in [0.3, 0.4) is 0 Å². The number of carbonyl (C=O) groups is 1. The zero-order chi connectivity index (χ0) is 21.3. The second-order valence-electron chi connectivity index (χ2n) is 7.17. The number of aromatic nitrogens is 3. The van der Waals surface area contributed by atoms with Crippen molar-refractivity contribution in [3.8, 4) is 5.75 Å². The number of pyridine rings is 1. The van der Waals surface area contributed by atoms with E-state index in [0.717, 1.165) is 22.2 Å². The van der Waals surface area contributed by atoms with E-state index in [9.17, 15) is 4.79 Å². The topological polar surface area (TPSA) is 67.9 Å². The highest BCUT2D eigenvalue weighted by molar-refractivity contribution is 6.34. The van der Waals surface area contributed by atoms with Crippen LogP contribution in [-0.2, 0) is 13.0 Å². The Labute approximate surface area is 177 Å². The molecule has 0 aliphatic rings. The summed E-state index contributed by atoms with van der Waals surface area (Å²) >= 11 is 6.15. The minimum Gasteiger partial charge on any atom is -0.486 e. The lowest BCUT2D eigenvalue weighted by Crippen LogP contribution is -2.09. The van der Waals surface area contributed by atoms with E-state index >= 15 is 4.39 Å². The van der Waals surface area contributed by atoms with Gasteiger partial charge in [0.25, 0.3) is 0 Å². The largest absolute Gasteiger partial charge is 0.486 e. The number of hydrogen-bond acceptors (Lipinski definition) is 4. The van der Waals surface area contributed by atoms with Crippen molar-refractivity contribution in [2.24, 2.45) is 0 Å². The first-order chi connectivity index (χ1) is 14.4. The molecule has 0 saturated heterocycles. The summed E-state index contributed by atoms with van der Waals surface area (Å²) in [6.45, 7) is 4.04. The number of nitrogens with zero attached hydrogens (tertiary/aromatic N) is 2. The van der Waals surface area contributed by atoms with Gasteiger partial charge in [0.1, 0.15) is 6.61 Å². The van der Waals surface area contributed by atoms with Gasteiger partial charge in [-0.05, 0) is 43.2 Å². The molecule has 0 bridgehead atoms. The summed E-state index contributed by atoms with van der Waals surface area (Å²) in [5, 5.41) is 7.79. The average molecular weight is 424 g/mol. The lowest BCUT2D eigenvalue weighted by Gasteiger charge is -2.12. The first-order valence-corrected chi connectivity index (χ1v) is 9.79. The number of nitrogens with one attached hydrogen (secondary N) is 1. The molecule has 7 heteroatoms. The van der Waals surface area contributed by atoms with Gasteiger partial charge in [-0.2, -0.15) is 5.10 Å². The molecule has 30 heavy (non-hydrogen) atoms. The van der Waals surface area contributed by atoms with E-state index in [1.54, 1.807) is 6.20 Å². The number of hydrogen-bond donors (Lipinski definition) is 1. The molecule has 1 N–H and O–H groups in total. The lowest BCUT2D eigenvalue weighted by molar-refractivity contribution is 0.0988. The molecule has 0 radical (unpaired) electrons. The maximum Gasteiger partial charge on any atom is 0.181 e. The quantitative estimate of drug-likeness (QED) is 0.423. The molecule has 0 spiro atoms. The van der Waals surface area contributed by atoms with Gasteiger partial charge in [0.05, 0.1) is 10.6 Å². The maximum absolute atomic E-state index is 15.1. The normalized spacial score (nSPS) is 11.1. The fourth-order valence-electron chi connectivity index (χ4n) is 3.18. The van der Waals surface area contributed by atoms with Gasteiger partial charge in [-0.15, -0.1) is 0 Å². The highest BCUT2D eigenvalue weighted by atomic mass is 35.5. The molecule has 0 unspecified atom stereocenters. The third-order valence-electron chi connectivity index (χ3n) is 4.87. The van der Waals surface area contributed by atoms with Crippen molar-refractivity contribution in [2.45, 2.75) is 26.9 Å². The van der Waals surface area contributed by atoms with Gasteiger partial charge < -0.3 is 4.74 Å². The van der Waals surface area contributed by atoms with Crippen LogP contribution in [0, 0.1) is 19.7 Å². The van der Waals surface area contributed by atoms with Crippen LogP contribution in [0.25, 0.3) is 11.0 Å². The molecular weight excluding hydrogens is 405 g/mol. The number of aromatic amines is 1. The molecule has 0 atom stereocenters. The van der Waals surface area contributed by atoms with Crippen molar-refractivity contribution >= 4 is 28.4 Å². The second kappa shape index (κ2) is 8.24. The molecule has 5 nitrogen and oxygen atoms in total. The Morgan fingerprint density at radius 2 is 1.90 bits per heavy atom. The number of rotatable bonds is 6. The van der Waals surface area contributed by atoms with E-state index in [1.165, 1.54) is 12.1 Å². The van der Waals surface area contributed by atoms with Crippen LogP contribution in [0.1, 0.15) is 32.7 Å². The van der Waals surface area contributed by atoms with Gasteiger partial charge in [-0.25, -0.2) is 9.37 Å². The van der Waals surface area contributed by atoms with Crippen LogP contribution in [0.2, 0.25) is 5.02 Å². The number of fused-ring (bicyclic) bond motifs is 1. The molecule has 0 saturated carbocycles. The predicted molar refractivity (Wildman–Crippen MR) is 114 cm³/mol. The Morgan fingerprint density at radius 3 is 2.67 bits per heavy atom. The standard InChI is InChI=1S/C23H19ClFN3O2/c1-13-3-5-15(6-4-13)12-30-20-8-7-18(24)21(22(20)25)19(29)10-16-9-17-14(2)27-28-23(17)26-11-16/h3-9,11H,10,12H2,1-2H3,(H,26,27,28). The number of ether oxygens (including phenoxy) is 1. The Bertz CT molecular complexity index is 1240. The molecule has 0 fully saturated rings. The summed E-state index contributed by atoms with van der Waals surface area (Å²) in [5.41, 5.74) is 3.92. The molecule has 152 valence electrons. The number of halogens is 2. The number of Topliss-reactive ketones (excluding diaryl/α,β-unsaturated/α-hetero) is 1. The van der Waals surface area contributed by atoms with E-state index in [2.05, 4.69) is 15.2 Å². The zero-order valence-electron chi connectivity index (χ0n) is 16.5. The monoisotopic (exact) mass is 423 g/mol. The predicted octanol–water partition coefficient (Wildman–Crippen LogP) is 5.37. The van der Waals surface area contributed by atoms with Crippen LogP contribution >= 0.6 is 11.6 Å². The fraction of sp³-hybridized carbons (Fsp3) is 0.174. The second-order valence-corrected chi connectivity index (χ2v) is 7.58. The molecule has 0 amide bonds. The molecule has 2 aromatic heterocycles.